The fourth-order valence-electron chi connectivity index (χ4n) is 3.33. The van der Waals surface area contributed by atoms with Gasteiger partial charge in [-0.05, 0) is 31.4 Å². The van der Waals surface area contributed by atoms with Gasteiger partial charge in [-0.15, -0.1) is 0 Å². The highest BCUT2D eigenvalue weighted by Gasteiger charge is 2.31. The van der Waals surface area contributed by atoms with Gasteiger partial charge in [0.15, 0.2) is 0 Å². The van der Waals surface area contributed by atoms with E-state index in [4.69, 9.17) is 0 Å². The fourth-order valence-corrected chi connectivity index (χ4v) is 4.23. The number of non-ortho nitro benzene ring substituents is 1. The normalized spacial score (nSPS) is 12.0. The number of sulfonamides is 1. The number of nitrogens with zero attached hydrogens (tertiary/aromatic N) is 3. The molecule has 11 heteroatoms. The number of rotatable bonds is 11. The van der Waals surface area contributed by atoms with Gasteiger partial charge in [0.1, 0.15) is 12.6 Å². The van der Waals surface area contributed by atoms with E-state index in [9.17, 15) is 28.1 Å². The molecular formula is C23H30N4O6S. The van der Waals surface area contributed by atoms with E-state index < -0.39 is 33.4 Å². The second-order valence-electron chi connectivity index (χ2n) is 7.97. The van der Waals surface area contributed by atoms with E-state index in [0.29, 0.717) is 12.1 Å². The Bertz CT molecular complexity index is 1140. The average molecular weight is 491 g/mol. The van der Waals surface area contributed by atoms with Crippen molar-refractivity contribution in [3.8, 4) is 0 Å². The number of anilines is 1. The minimum Gasteiger partial charge on any atom is -0.354 e. The first-order valence-electron chi connectivity index (χ1n) is 10.8. The van der Waals surface area contributed by atoms with Crippen molar-refractivity contribution < 1.29 is 22.9 Å². The summed E-state index contributed by atoms with van der Waals surface area (Å²) in [6, 6.07) is 12.0. The molecule has 0 aliphatic rings. The van der Waals surface area contributed by atoms with Gasteiger partial charge in [-0.1, -0.05) is 43.3 Å². The Balaban J connectivity index is 2.44. The monoisotopic (exact) mass is 490 g/mol. The van der Waals surface area contributed by atoms with Gasteiger partial charge in [0, 0.05) is 25.2 Å². The molecular weight excluding hydrogens is 460 g/mol. The lowest BCUT2D eigenvalue weighted by atomic mass is 10.1. The molecule has 2 amide bonds. The minimum atomic E-state index is -3.98. The van der Waals surface area contributed by atoms with Gasteiger partial charge in [-0.25, -0.2) is 8.42 Å². The molecule has 0 aliphatic carbocycles. The van der Waals surface area contributed by atoms with E-state index in [1.807, 2.05) is 13.0 Å². The third kappa shape index (κ3) is 7.01. The van der Waals surface area contributed by atoms with Crippen molar-refractivity contribution in [3.05, 3.63) is 69.8 Å². The highest BCUT2D eigenvalue weighted by molar-refractivity contribution is 7.92. The van der Waals surface area contributed by atoms with Crippen LogP contribution in [0.5, 0.6) is 0 Å². The van der Waals surface area contributed by atoms with E-state index in [1.54, 1.807) is 38.1 Å². The molecule has 184 valence electrons. The molecule has 2 rings (SSSR count). The lowest BCUT2D eigenvalue weighted by Gasteiger charge is -2.31. The lowest BCUT2D eigenvalue weighted by Crippen LogP contribution is -2.51. The van der Waals surface area contributed by atoms with Gasteiger partial charge < -0.3 is 10.2 Å². The Kier molecular flexibility index (Phi) is 9.13. The quantitative estimate of drug-likeness (QED) is 0.381. The second-order valence-corrected chi connectivity index (χ2v) is 9.88. The third-order valence-corrected chi connectivity index (χ3v) is 6.39. The SMILES string of the molecule is CCCNC(=O)C(C)N(Cc1ccccc1)C(=O)CN(c1cc([N+](=O)[O-])ccc1C)S(C)(=O)=O. The van der Waals surface area contributed by atoms with Gasteiger partial charge in [-0.3, -0.25) is 24.0 Å². The number of nitro groups is 1. The summed E-state index contributed by atoms with van der Waals surface area (Å²) >= 11 is 0. The van der Waals surface area contributed by atoms with Crippen LogP contribution in [-0.2, 0) is 26.2 Å². The summed E-state index contributed by atoms with van der Waals surface area (Å²) in [4.78, 5) is 38.0. The van der Waals surface area contributed by atoms with Crippen molar-refractivity contribution >= 4 is 33.2 Å². The number of benzene rings is 2. The number of aryl methyl sites for hydroxylation is 1. The number of nitrogens with one attached hydrogen (secondary N) is 1. The number of carbonyl (C=O) groups is 2. The molecule has 34 heavy (non-hydrogen) atoms. The Labute approximate surface area is 199 Å². The van der Waals surface area contributed by atoms with Gasteiger partial charge in [0.05, 0.1) is 16.9 Å². The summed E-state index contributed by atoms with van der Waals surface area (Å²) in [7, 11) is -3.98. The van der Waals surface area contributed by atoms with Gasteiger partial charge >= 0.3 is 0 Å². The number of nitro benzene ring substituents is 1. The number of hydrogen-bond donors (Lipinski definition) is 1. The molecule has 1 N–H and O–H groups in total. The van der Waals surface area contributed by atoms with Crippen LogP contribution in [0.3, 0.4) is 0 Å². The Hall–Kier alpha value is -3.47. The second kappa shape index (κ2) is 11.6. The van der Waals surface area contributed by atoms with E-state index in [0.717, 1.165) is 28.6 Å². The van der Waals surface area contributed by atoms with Gasteiger partial charge in [-0.2, -0.15) is 0 Å². The van der Waals surface area contributed by atoms with E-state index in [-0.39, 0.29) is 23.8 Å². The molecule has 0 bridgehead atoms. The Morgan fingerprint density at radius 1 is 1.15 bits per heavy atom. The summed E-state index contributed by atoms with van der Waals surface area (Å²) in [5.74, 6) is -0.970. The molecule has 0 spiro atoms. The summed E-state index contributed by atoms with van der Waals surface area (Å²) < 4.78 is 26.1. The first-order valence-corrected chi connectivity index (χ1v) is 12.6. The zero-order chi connectivity index (χ0) is 25.5. The molecule has 1 unspecified atom stereocenters. The van der Waals surface area contributed by atoms with Crippen LogP contribution in [0.15, 0.2) is 48.5 Å². The summed E-state index contributed by atoms with van der Waals surface area (Å²) in [6.45, 7) is 5.01. The maximum atomic E-state index is 13.4. The molecule has 2 aromatic carbocycles. The molecule has 0 aliphatic heterocycles. The van der Waals surface area contributed by atoms with E-state index in [2.05, 4.69) is 5.32 Å². The Morgan fingerprint density at radius 3 is 2.35 bits per heavy atom. The van der Waals surface area contributed by atoms with Crippen LogP contribution >= 0.6 is 0 Å². The molecule has 10 nitrogen and oxygen atoms in total. The average Bonchev–Trinajstić information content (AvgIpc) is 2.79. The molecule has 0 aromatic heterocycles. The maximum absolute atomic E-state index is 13.4. The first kappa shape index (κ1) is 26.8. The predicted molar refractivity (Wildman–Crippen MR) is 130 cm³/mol. The van der Waals surface area contributed by atoms with Crippen molar-refractivity contribution in [2.45, 2.75) is 39.8 Å². The van der Waals surface area contributed by atoms with Crippen molar-refractivity contribution in [1.82, 2.24) is 10.2 Å². The number of amides is 2. The molecule has 0 saturated heterocycles. The molecule has 1 atom stereocenters. The zero-order valence-corrected chi connectivity index (χ0v) is 20.5. The van der Waals surface area contributed by atoms with Gasteiger partial charge in [0.25, 0.3) is 5.69 Å². The largest absolute Gasteiger partial charge is 0.354 e. The maximum Gasteiger partial charge on any atom is 0.271 e. The zero-order valence-electron chi connectivity index (χ0n) is 19.7. The van der Waals surface area contributed by atoms with Crippen molar-refractivity contribution in [3.63, 3.8) is 0 Å². The topological polar surface area (TPSA) is 130 Å². The van der Waals surface area contributed by atoms with Gasteiger partial charge in [0.2, 0.25) is 21.8 Å². The van der Waals surface area contributed by atoms with E-state index in [1.165, 1.54) is 17.0 Å². The van der Waals surface area contributed by atoms with Crippen molar-refractivity contribution in [2.24, 2.45) is 0 Å². The van der Waals surface area contributed by atoms with Crippen LogP contribution in [0, 0.1) is 17.0 Å². The van der Waals surface area contributed by atoms with Crippen LogP contribution in [0.2, 0.25) is 0 Å². The molecule has 0 radical (unpaired) electrons. The standard InChI is InChI=1S/C23H30N4O6S/c1-5-13-24-23(29)18(3)25(15-19-9-7-6-8-10-19)22(28)16-26(34(4,32)33)21-14-20(27(30)31)12-11-17(21)2/h6-12,14,18H,5,13,15-16H2,1-4H3,(H,24,29). The Morgan fingerprint density at radius 2 is 1.79 bits per heavy atom. The molecule has 0 saturated carbocycles. The van der Waals surface area contributed by atoms with Crippen molar-refractivity contribution in [2.75, 3.05) is 23.7 Å². The van der Waals surface area contributed by atoms with Crippen LogP contribution in [0.1, 0.15) is 31.4 Å². The first-order chi connectivity index (χ1) is 16.0. The third-order valence-electron chi connectivity index (χ3n) is 5.26. The molecule has 2 aromatic rings. The summed E-state index contributed by atoms with van der Waals surface area (Å²) in [5, 5.41) is 14.0. The van der Waals surface area contributed by atoms with Crippen LogP contribution < -0.4 is 9.62 Å². The van der Waals surface area contributed by atoms with Crippen LogP contribution in [0.25, 0.3) is 0 Å². The number of hydrogen-bond acceptors (Lipinski definition) is 6. The lowest BCUT2D eigenvalue weighted by molar-refractivity contribution is -0.384. The highest BCUT2D eigenvalue weighted by Crippen LogP contribution is 2.27. The highest BCUT2D eigenvalue weighted by atomic mass is 32.2. The fraction of sp³-hybridized carbons (Fsp3) is 0.391. The molecule has 0 heterocycles. The minimum absolute atomic E-state index is 0.0350. The van der Waals surface area contributed by atoms with Crippen molar-refractivity contribution in [1.29, 1.82) is 0 Å². The van der Waals surface area contributed by atoms with Crippen LogP contribution in [0.4, 0.5) is 11.4 Å². The summed E-state index contributed by atoms with van der Waals surface area (Å²) in [5.41, 5.74) is 0.957. The number of carbonyl (C=O) groups excluding carboxylic acids is 2. The summed E-state index contributed by atoms with van der Waals surface area (Å²) in [6.07, 6.45) is 1.65. The van der Waals surface area contributed by atoms with E-state index >= 15 is 0 Å². The smallest absolute Gasteiger partial charge is 0.271 e. The van der Waals surface area contributed by atoms with Crippen LogP contribution in [-0.4, -0.2) is 55.4 Å². The predicted octanol–water partition coefficient (Wildman–Crippen LogP) is 2.61. The molecule has 0 fully saturated rings.